The van der Waals surface area contributed by atoms with Crippen LogP contribution in [-0.4, -0.2) is 32.3 Å². The number of sulfonamides is 1. The molecular formula is C19H22N2O3S. The Hall–Kier alpha value is -2.18. The highest BCUT2D eigenvalue weighted by molar-refractivity contribution is 7.89. The standard InChI is InChI=1S/C19H22N2O3S/c1-15-6-8-18(9-7-15)25(23,24)20-12-10-19(22)21-13-11-16-4-2-3-5-17(16)14-21/h2-9,20H,10-14H2,1H3. The fourth-order valence-electron chi connectivity index (χ4n) is 2.96. The molecule has 0 radical (unpaired) electrons. The second-order valence-electron chi connectivity index (χ2n) is 6.29. The Morgan fingerprint density at radius 1 is 1.08 bits per heavy atom. The summed E-state index contributed by atoms with van der Waals surface area (Å²) >= 11 is 0. The van der Waals surface area contributed by atoms with Crippen molar-refractivity contribution >= 4 is 15.9 Å². The molecule has 1 aliphatic heterocycles. The number of nitrogens with zero attached hydrogens (tertiary/aromatic N) is 1. The van der Waals surface area contributed by atoms with Gasteiger partial charge in [0.1, 0.15) is 0 Å². The van der Waals surface area contributed by atoms with Crippen LogP contribution >= 0.6 is 0 Å². The fraction of sp³-hybridized carbons (Fsp3) is 0.316. The maximum absolute atomic E-state index is 12.4. The summed E-state index contributed by atoms with van der Waals surface area (Å²) in [4.78, 5) is 14.4. The molecule has 0 bridgehead atoms. The number of hydrogen-bond acceptors (Lipinski definition) is 3. The topological polar surface area (TPSA) is 66.5 Å². The summed E-state index contributed by atoms with van der Waals surface area (Å²) in [6, 6.07) is 14.8. The van der Waals surface area contributed by atoms with Crippen molar-refractivity contribution in [3.63, 3.8) is 0 Å². The first-order valence-corrected chi connectivity index (χ1v) is 9.85. The van der Waals surface area contributed by atoms with E-state index in [1.807, 2.05) is 25.1 Å². The Labute approximate surface area is 148 Å². The molecule has 0 saturated carbocycles. The van der Waals surface area contributed by atoms with E-state index in [-0.39, 0.29) is 23.8 Å². The summed E-state index contributed by atoms with van der Waals surface area (Å²) < 4.78 is 27.0. The van der Waals surface area contributed by atoms with Gasteiger partial charge in [-0.05, 0) is 36.6 Å². The minimum Gasteiger partial charge on any atom is -0.338 e. The van der Waals surface area contributed by atoms with Crippen LogP contribution in [0.5, 0.6) is 0 Å². The van der Waals surface area contributed by atoms with Gasteiger partial charge in [-0.15, -0.1) is 0 Å². The number of carbonyl (C=O) groups excluding carboxylic acids is 1. The number of rotatable bonds is 5. The van der Waals surface area contributed by atoms with E-state index < -0.39 is 10.0 Å². The summed E-state index contributed by atoms with van der Waals surface area (Å²) in [5.74, 6) is -0.0268. The van der Waals surface area contributed by atoms with Crippen LogP contribution in [0.2, 0.25) is 0 Å². The molecule has 5 nitrogen and oxygen atoms in total. The highest BCUT2D eigenvalue weighted by Gasteiger charge is 2.21. The molecule has 1 aliphatic rings. The lowest BCUT2D eigenvalue weighted by Gasteiger charge is -2.29. The molecule has 132 valence electrons. The normalized spacial score (nSPS) is 14.2. The first-order valence-electron chi connectivity index (χ1n) is 8.36. The Morgan fingerprint density at radius 2 is 1.76 bits per heavy atom. The van der Waals surface area contributed by atoms with E-state index in [9.17, 15) is 13.2 Å². The van der Waals surface area contributed by atoms with Crippen molar-refractivity contribution in [3.05, 3.63) is 65.2 Å². The molecule has 0 atom stereocenters. The highest BCUT2D eigenvalue weighted by Crippen LogP contribution is 2.19. The van der Waals surface area contributed by atoms with Crippen molar-refractivity contribution in [1.82, 2.24) is 9.62 Å². The van der Waals surface area contributed by atoms with Crippen LogP contribution < -0.4 is 4.72 Å². The predicted octanol–water partition coefficient (Wildman–Crippen LogP) is 2.25. The quantitative estimate of drug-likeness (QED) is 0.891. The number of benzene rings is 2. The van der Waals surface area contributed by atoms with Gasteiger partial charge in [-0.2, -0.15) is 0 Å². The molecule has 3 rings (SSSR count). The number of aryl methyl sites for hydroxylation is 1. The molecule has 0 aromatic heterocycles. The van der Waals surface area contributed by atoms with E-state index in [0.29, 0.717) is 13.1 Å². The molecule has 0 unspecified atom stereocenters. The number of nitrogens with one attached hydrogen (secondary N) is 1. The van der Waals surface area contributed by atoms with Crippen molar-refractivity contribution < 1.29 is 13.2 Å². The summed E-state index contributed by atoms with van der Waals surface area (Å²) in [6.07, 6.45) is 1.00. The largest absolute Gasteiger partial charge is 0.338 e. The zero-order valence-corrected chi connectivity index (χ0v) is 15.1. The molecule has 0 spiro atoms. The summed E-state index contributed by atoms with van der Waals surface area (Å²) in [5.41, 5.74) is 3.45. The average Bonchev–Trinajstić information content (AvgIpc) is 2.61. The van der Waals surface area contributed by atoms with Gasteiger partial charge >= 0.3 is 0 Å². The van der Waals surface area contributed by atoms with Crippen molar-refractivity contribution in [3.8, 4) is 0 Å². The molecule has 25 heavy (non-hydrogen) atoms. The first kappa shape index (κ1) is 17.6. The molecule has 0 saturated heterocycles. The van der Waals surface area contributed by atoms with E-state index in [2.05, 4.69) is 10.8 Å². The Kier molecular flexibility index (Phi) is 5.20. The lowest BCUT2D eigenvalue weighted by Crippen LogP contribution is -2.38. The van der Waals surface area contributed by atoms with Crippen LogP contribution in [0, 0.1) is 6.92 Å². The van der Waals surface area contributed by atoms with E-state index >= 15 is 0 Å². The van der Waals surface area contributed by atoms with Crippen LogP contribution in [0.1, 0.15) is 23.1 Å². The van der Waals surface area contributed by atoms with Gasteiger partial charge < -0.3 is 4.90 Å². The minimum atomic E-state index is -3.57. The van der Waals surface area contributed by atoms with Crippen molar-refractivity contribution in [1.29, 1.82) is 0 Å². The second kappa shape index (κ2) is 7.37. The third-order valence-corrected chi connectivity index (χ3v) is 5.92. The van der Waals surface area contributed by atoms with Crippen LogP contribution in [0.25, 0.3) is 0 Å². The van der Waals surface area contributed by atoms with Crippen molar-refractivity contribution in [2.45, 2.75) is 31.2 Å². The third kappa shape index (κ3) is 4.27. The lowest BCUT2D eigenvalue weighted by atomic mass is 10.00. The summed E-state index contributed by atoms with van der Waals surface area (Å²) in [5, 5.41) is 0. The third-order valence-electron chi connectivity index (χ3n) is 4.45. The van der Waals surface area contributed by atoms with Gasteiger partial charge in [0.05, 0.1) is 4.90 Å². The summed E-state index contributed by atoms with van der Waals surface area (Å²) in [7, 11) is -3.57. The Bertz CT molecular complexity index is 860. The first-order chi connectivity index (χ1) is 12.0. The zero-order valence-electron chi connectivity index (χ0n) is 14.2. The molecule has 1 amide bonds. The smallest absolute Gasteiger partial charge is 0.240 e. The predicted molar refractivity (Wildman–Crippen MR) is 96.5 cm³/mol. The molecule has 1 N–H and O–H groups in total. The minimum absolute atomic E-state index is 0.0268. The lowest BCUT2D eigenvalue weighted by molar-refractivity contribution is -0.131. The van der Waals surface area contributed by atoms with Gasteiger partial charge in [0.15, 0.2) is 0 Å². The molecule has 0 fully saturated rings. The number of carbonyl (C=O) groups is 1. The fourth-order valence-corrected chi connectivity index (χ4v) is 3.99. The van der Waals surface area contributed by atoms with E-state index in [1.165, 1.54) is 11.1 Å². The average molecular weight is 358 g/mol. The molecule has 6 heteroatoms. The zero-order chi connectivity index (χ0) is 17.9. The van der Waals surface area contributed by atoms with Crippen molar-refractivity contribution in [2.75, 3.05) is 13.1 Å². The van der Waals surface area contributed by atoms with Crippen molar-refractivity contribution in [2.24, 2.45) is 0 Å². The van der Waals surface area contributed by atoms with Gasteiger partial charge in [-0.1, -0.05) is 42.0 Å². The second-order valence-corrected chi connectivity index (χ2v) is 8.06. The van der Waals surface area contributed by atoms with Gasteiger partial charge in [0, 0.05) is 26.1 Å². The summed E-state index contributed by atoms with van der Waals surface area (Å²) in [6.45, 7) is 3.28. The van der Waals surface area contributed by atoms with E-state index in [1.54, 1.807) is 29.2 Å². The van der Waals surface area contributed by atoms with Crippen LogP contribution in [0.4, 0.5) is 0 Å². The monoisotopic (exact) mass is 358 g/mol. The van der Waals surface area contributed by atoms with Gasteiger partial charge in [0.2, 0.25) is 15.9 Å². The van der Waals surface area contributed by atoms with Crippen LogP contribution in [0.3, 0.4) is 0 Å². The van der Waals surface area contributed by atoms with Crippen LogP contribution in [0.15, 0.2) is 53.4 Å². The number of fused-ring (bicyclic) bond motifs is 1. The van der Waals surface area contributed by atoms with Gasteiger partial charge in [-0.3, -0.25) is 4.79 Å². The van der Waals surface area contributed by atoms with Gasteiger partial charge in [0.25, 0.3) is 0 Å². The van der Waals surface area contributed by atoms with Gasteiger partial charge in [-0.25, -0.2) is 13.1 Å². The SMILES string of the molecule is Cc1ccc(S(=O)(=O)NCCC(=O)N2CCc3ccccc3C2)cc1. The number of amides is 1. The molecule has 2 aromatic rings. The number of hydrogen-bond donors (Lipinski definition) is 1. The van der Waals surface area contributed by atoms with E-state index in [4.69, 9.17) is 0 Å². The Morgan fingerprint density at radius 3 is 2.48 bits per heavy atom. The Balaban J connectivity index is 1.54. The maximum atomic E-state index is 12.4. The molecule has 1 heterocycles. The highest BCUT2D eigenvalue weighted by atomic mass is 32.2. The maximum Gasteiger partial charge on any atom is 0.240 e. The molecular weight excluding hydrogens is 336 g/mol. The van der Waals surface area contributed by atoms with E-state index in [0.717, 1.165) is 12.0 Å². The molecule has 0 aliphatic carbocycles. The van der Waals surface area contributed by atoms with Crippen LogP contribution in [-0.2, 0) is 27.8 Å². The molecule has 2 aromatic carbocycles.